The number of carboxylic acids is 1. The van der Waals surface area contributed by atoms with Crippen molar-refractivity contribution in [3.05, 3.63) is 81.1 Å². The van der Waals surface area contributed by atoms with E-state index in [9.17, 15) is 9.90 Å². The molecule has 0 radical (unpaired) electrons. The highest BCUT2D eigenvalue weighted by Crippen LogP contribution is 2.49. The second kappa shape index (κ2) is 7.78. The number of para-hydroxylation sites is 1. The van der Waals surface area contributed by atoms with Crippen molar-refractivity contribution >= 4 is 51.0 Å². The highest BCUT2D eigenvalue weighted by atomic mass is 35.5. The fourth-order valence-corrected chi connectivity index (χ4v) is 5.33. The molecule has 0 spiro atoms. The predicted octanol–water partition coefficient (Wildman–Crippen LogP) is 5.82. The summed E-state index contributed by atoms with van der Waals surface area (Å²) in [5.74, 6) is -0.420. The van der Waals surface area contributed by atoms with Crippen molar-refractivity contribution in [2.45, 2.75) is 13.0 Å². The molecular weight excluding hydrogens is 431 g/mol. The molecular formula is C21H16Cl2N2O3S. The molecule has 1 N–H and O–H groups in total. The van der Waals surface area contributed by atoms with E-state index in [1.54, 1.807) is 32.2 Å². The summed E-state index contributed by atoms with van der Waals surface area (Å²) in [6.07, 6.45) is 1.85. The number of ether oxygens (including phenoxy) is 1. The second-order valence-corrected chi connectivity index (χ2v) is 8.27. The van der Waals surface area contributed by atoms with Crippen LogP contribution in [0, 0.1) is 0 Å². The van der Waals surface area contributed by atoms with Crippen LogP contribution in [0.3, 0.4) is 0 Å². The molecule has 1 atom stereocenters. The molecule has 148 valence electrons. The van der Waals surface area contributed by atoms with Gasteiger partial charge in [0.05, 0.1) is 34.5 Å². The summed E-state index contributed by atoms with van der Waals surface area (Å²) in [5, 5.41) is 11.6. The smallest absolute Gasteiger partial charge is 0.335 e. The van der Waals surface area contributed by atoms with Gasteiger partial charge in [0.1, 0.15) is 5.75 Å². The monoisotopic (exact) mass is 446 g/mol. The molecule has 5 nitrogen and oxygen atoms in total. The molecule has 29 heavy (non-hydrogen) atoms. The Balaban J connectivity index is 1.89. The van der Waals surface area contributed by atoms with Crippen molar-refractivity contribution in [3.8, 4) is 5.75 Å². The molecule has 0 amide bonds. The Morgan fingerprint density at radius 3 is 2.52 bits per heavy atom. The quantitative estimate of drug-likeness (QED) is 0.640. The number of carboxylic acid groups (broad SMARTS) is 1. The number of aliphatic imine (C=N–C) groups is 1. The lowest BCUT2D eigenvalue weighted by Gasteiger charge is -2.33. The summed E-state index contributed by atoms with van der Waals surface area (Å²) < 4.78 is 5.51. The summed E-state index contributed by atoms with van der Waals surface area (Å²) in [7, 11) is 1.57. The molecule has 2 aromatic carbocycles. The Kier molecular flexibility index (Phi) is 5.34. The standard InChI is InChI=1S/C21H16Cl2N2O3S/c1-11-17(20(26)27)19(12-6-3-4-9-15(12)28-2)25-10-16(29-21(25)24-11)18-13(22)7-5-8-14(18)23/h3-10,19H,1-2H3,(H,26,27). The molecule has 2 aliphatic rings. The number of allylic oxidation sites excluding steroid dienone is 1. The maximum Gasteiger partial charge on any atom is 0.335 e. The van der Waals surface area contributed by atoms with Gasteiger partial charge in [0.2, 0.25) is 0 Å². The van der Waals surface area contributed by atoms with Gasteiger partial charge in [-0.25, -0.2) is 9.79 Å². The minimum absolute atomic E-state index is 0.196. The zero-order valence-corrected chi connectivity index (χ0v) is 17.8. The third-order valence-electron chi connectivity index (χ3n) is 4.76. The lowest BCUT2D eigenvalue weighted by atomic mass is 9.94. The summed E-state index contributed by atoms with van der Waals surface area (Å²) in [6.45, 7) is 1.71. The zero-order valence-electron chi connectivity index (χ0n) is 15.5. The van der Waals surface area contributed by atoms with Gasteiger partial charge in [0, 0.05) is 22.2 Å². The van der Waals surface area contributed by atoms with Crippen molar-refractivity contribution in [3.63, 3.8) is 0 Å². The highest BCUT2D eigenvalue weighted by molar-refractivity contribution is 8.22. The molecule has 4 rings (SSSR count). The Hall–Kier alpha value is -2.41. The highest BCUT2D eigenvalue weighted by Gasteiger charge is 2.40. The van der Waals surface area contributed by atoms with Crippen LogP contribution in [0.1, 0.15) is 24.1 Å². The fraction of sp³-hybridized carbons (Fsp3) is 0.143. The number of hydrogen-bond donors (Lipinski definition) is 1. The van der Waals surface area contributed by atoms with E-state index in [-0.39, 0.29) is 5.57 Å². The van der Waals surface area contributed by atoms with E-state index >= 15 is 0 Å². The summed E-state index contributed by atoms with van der Waals surface area (Å²) >= 11 is 14.2. The van der Waals surface area contributed by atoms with Crippen LogP contribution in [-0.2, 0) is 4.79 Å². The Morgan fingerprint density at radius 1 is 1.17 bits per heavy atom. The molecule has 0 aromatic heterocycles. The van der Waals surface area contributed by atoms with Gasteiger partial charge in [-0.3, -0.25) is 0 Å². The minimum atomic E-state index is -1.02. The maximum absolute atomic E-state index is 12.1. The van der Waals surface area contributed by atoms with Crippen LogP contribution < -0.4 is 4.74 Å². The molecule has 2 heterocycles. The number of carbonyl (C=O) groups is 1. The normalized spacial score (nSPS) is 18.3. The first-order valence-corrected chi connectivity index (χ1v) is 10.3. The third kappa shape index (κ3) is 3.41. The SMILES string of the molecule is COc1ccccc1C1C(C(=O)O)=C(C)N=C2SC(c3c(Cl)cccc3Cl)=CN21. The van der Waals surface area contributed by atoms with E-state index in [0.717, 1.165) is 10.5 Å². The van der Waals surface area contributed by atoms with Crippen molar-refractivity contribution in [1.82, 2.24) is 4.90 Å². The number of fused-ring (bicyclic) bond motifs is 1. The average molecular weight is 447 g/mol. The van der Waals surface area contributed by atoms with E-state index in [2.05, 4.69) is 4.99 Å². The number of thioether (sulfide) groups is 1. The summed E-state index contributed by atoms with van der Waals surface area (Å²) in [4.78, 5) is 19.3. The average Bonchev–Trinajstić information content (AvgIpc) is 3.09. The van der Waals surface area contributed by atoms with E-state index in [1.807, 2.05) is 35.4 Å². The van der Waals surface area contributed by atoms with Crippen LogP contribution in [0.25, 0.3) is 4.91 Å². The van der Waals surface area contributed by atoms with Crippen LogP contribution in [0.15, 0.2) is 64.9 Å². The molecule has 2 aliphatic heterocycles. The van der Waals surface area contributed by atoms with E-state index in [0.29, 0.717) is 32.2 Å². The van der Waals surface area contributed by atoms with E-state index in [4.69, 9.17) is 27.9 Å². The van der Waals surface area contributed by atoms with Crippen molar-refractivity contribution in [2.24, 2.45) is 4.99 Å². The number of aliphatic carboxylic acids is 1. The van der Waals surface area contributed by atoms with Crippen LogP contribution >= 0.6 is 35.0 Å². The van der Waals surface area contributed by atoms with E-state index < -0.39 is 12.0 Å². The van der Waals surface area contributed by atoms with Crippen LogP contribution in [0.4, 0.5) is 0 Å². The summed E-state index contributed by atoms with van der Waals surface area (Å²) in [5.41, 5.74) is 2.09. The second-order valence-electron chi connectivity index (χ2n) is 6.44. The molecule has 0 saturated heterocycles. The first-order valence-electron chi connectivity index (χ1n) is 8.70. The Bertz CT molecular complexity index is 1090. The minimum Gasteiger partial charge on any atom is -0.496 e. The maximum atomic E-state index is 12.1. The van der Waals surface area contributed by atoms with Crippen molar-refractivity contribution < 1.29 is 14.6 Å². The molecule has 0 saturated carbocycles. The van der Waals surface area contributed by atoms with Gasteiger partial charge < -0.3 is 14.7 Å². The van der Waals surface area contributed by atoms with Crippen LogP contribution in [-0.4, -0.2) is 28.3 Å². The lowest BCUT2D eigenvalue weighted by molar-refractivity contribution is -0.133. The number of nitrogens with zero attached hydrogens (tertiary/aromatic N) is 2. The molecule has 2 aromatic rings. The number of halogens is 2. The number of amidine groups is 1. The van der Waals surface area contributed by atoms with Gasteiger partial charge in [-0.2, -0.15) is 0 Å². The molecule has 1 unspecified atom stereocenters. The fourth-order valence-electron chi connectivity index (χ4n) is 3.48. The summed E-state index contributed by atoms with van der Waals surface area (Å²) in [6, 6.07) is 12.1. The number of hydrogen-bond acceptors (Lipinski definition) is 5. The molecule has 8 heteroatoms. The van der Waals surface area contributed by atoms with Gasteiger partial charge in [0.25, 0.3) is 0 Å². The van der Waals surface area contributed by atoms with Gasteiger partial charge in [-0.15, -0.1) is 0 Å². The molecule has 0 fully saturated rings. The molecule has 0 bridgehead atoms. The van der Waals surface area contributed by atoms with Gasteiger partial charge in [0.15, 0.2) is 5.17 Å². The van der Waals surface area contributed by atoms with E-state index in [1.165, 1.54) is 11.8 Å². The predicted molar refractivity (Wildman–Crippen MR) is 117 cm³/mol. The number of rotatable bonds is 4. The van der Waals surface area contributed by atoms with Gasteiger partial charge >= 0.3 is 5.97 Å². The van der Waals surface area contributed by atoms with Crippen molar-refractivity contribution in [2.75, 3.05) is 7.11 Å². The van der Waals surface area contributed by atoms with Crippen LogP contribution in [0.2, 0.25) is 10.0 Å². The van der Waals surface area contributed by atoms with Crippen LogP contribution in [0.5, 0.6) is 5.75 Å². The van der Waals surface area contributed by atoms with Gasteiger partial charge in [-0.1, -0.05) is 47.5 Å². The lowest BCUT2D eigenvalue weighted by Crippen LogP contribution is -2.33. The largest absolute Gasteiger partial charge is 0.496 e. The zero-order chi connectivity index (χ0) is 20.7. The number of methoxy groups -OCH3 is 1. The Morgan fingerprint density at radius 2 is 1.86 bits per heavy atom. The van der Waals surface area contributed by atoms with Gasteiger partial charge in [-0.05, 0) is 36.9 Å². The first-order chi connectivity index (χ1) is 13.9. The number of benzene rings is 2. The molecule has 0 aliphatic carbocycles. The first kappa shape index (κ1) is 19.9. The Labute approximate surface area is 182 Å². The topological polar surface area (TPSA) is 62.1 Å². The third-order valence-corrected chi connectivity index (χ3v) is 6.40. The van der Waals surface area contributed by atoms with Crippen molar-refractivity contribution in [1.29, 1.82) is 0 Å².